The molecule has 0 bridgehead atoms. The largest absolute Gasteiger partial charge is 0.471 e. The standard InChI is InChI=1S/C14H15IO2/c15-13-6-1-2-7-14(13)17-9-4-3-5-12-8-10-16-11-12/h6,8,10-11,14H,1-2,4,7,9H2. The number of rotatable bonds is 3. The molecule has 0 radical (unpaired) electrons. The molecule has 0 spiro atoms. The fourth-order valence-corrected chi connectivity index (χ4v) is 2.53. The van der Waals surface area contributed by atoms with Gasteiger partial charge in [0.2, 0.25) is 0 Å². The molecule has 90 valence electrons. The highest BCUT2D eigenvalue weighted by atomic mass is 127. The third-order valence-electron chi connectivity index (χ3n) is 2.62. The molecule has 17 heavy (non-hydrogen) atoms. The Kier molecular flexibility index (Phi) is 5.14. The first-order chi connectivity index (χ1) is 8.36. The molecule has 1 unspecified atom stereocenters. The van der Waals surface area contributed by atoms with Crippen LogP contribution in [0.4, 0.5) is 0 Å². The lowest BCUT2D eigenvalue weighted by Gasteiger charge is -2.20. The second-order valence-corrected chi connectivity index (χ2v) is 5.19. The summed E-state index contributed by atoms with van der Waals surface area (Å²) in [5.41, 5.74) is 0.928. The smallest absolute Gasteiger partial charge is 0.106 e. The van der Waals surface area contributed by atoms with E-state index in [-0.39, 0.29) is 0 Å². The van der Waals surface area contributed by atoms with Crippen LogP contribution in [0.25, 0.3) is 0 Å². The van der Waals surface area contributed by atoms with Crippen LogP contribution < -0.4 is 0 Å². The predicted molar refractivity (Wildman–Crippen MR) is 75.9 cm³/mol. The van der Waals surface area contributed by atoms with E-state index in [2.05, 4.69) is 40.5 Å². The van der Waals surface area contributed by atoms with Crippen LogP contribution in [0.2, 0.25) is 0 Å². The third-order valence-corrected chi connectivity index (χ3v) is 3.75. The number of ether oxygens (including phenoxy) is 1. The second kappa shape index (κ2) is 6.87. The SMILES string of the molecule is IC1=CCCCC1OCCC#Cc1ccoc1. The molecule has 0 fully saturated rings. The summed E-state index contributed by atoms with van der Waals surface area (Å²) in [7, 11) is 0. The normalized spacial score (nSPS) is 19.4. The van der Waals surface area contributed by atoms with E-state index >= 15 is 0 Å². The molecule has 0 saturated heterocycles. The van der Waals surface area contributed by atoms with Crippen molar-refractivity contribution in [3.63, 3.8) is 0 Å². The molecule has 1 aliphatic carbocycles. The van der Waals surface area contributed by atoms with Gasteiger partial charge in [-0.05, 0) is 47.9 Å². The zero-order valence-electron chi connectivity index (χ0n) is 9.62. The molecule has 2 rings (SSSR count). The summed E-state index contributed by atoms with van der Waals surface area (Å²) >= 11 is 2.38. The van der Waals surface area contributed by atoms with Crippen molar-refractivity contribution in [2.45, 2.75) is 31.8 Å². The molecule has 0 aliphatic heterocycles. The summed E-state index contributed by atoms with van der Waals surface area (Å²) in [5, 5.41) is 0. The highest BCUT2D eigenvalue weighted by Crippen LogP contribution is 2.26. The molecular formula is C14H15IO2. The van der Waals surface area contributed by atoms with Gasteiger partial charge in [-0.3, -0.25) is 0 Å². The first-order valence-corrected chi connectivity index (χ1v) is 6.92. The zero-order chi connectivity index (χ0) is 11.9. The number of hydrogen-bond donors (Lipinski definition) is 0. The van der Waals surface area contributed by atoms with Gasteiger partial charge in [0.05, 0.1) is 24.5 Å². The topological polar surface area (TPSA) is 22.4 Å². The number of allylic oxidation sites excluding steroid dienone is 1. The van der Waals surface area contributed by atoms with Gasteiger partial charge in [-0.1, -0.05) is 17.9 Å². The average Bonchev–Trinajstić information content (AvgIpc) is 2.84. The van der Waals surface area contributed by atoms with E-state index in [1.165, 1.54) is 16.4 Å². The molecule has 0 N–H and O–H groups in total. The summed E-state index contributed by atoms with van der Waals surface area (Å²) in [5.74, 6) is 6.12. The summed E-state index contributed by atoms with van der Waals surface area (Å²) in [6.45, 7) is 0.704. The fraction of sp³-hybridized carbons (Fsp3) is 0.429. The number of hydrogen-bond acceptors (Lipinski definition) is 2. The predicted octanol–water partition coefficient (Wildman–Crippen LogP) is 3.91. The van der Waals surface area contributed by atoms with E-state index in [0.717, 1.165) is 18.4 Å². The van der Waals surface area contributed by atoms with Crippen molar-refractivity contribution in [1.29, 1.82) is 0 Å². The van der Waals surface area contributed by atoms with Gasteiger partial charge in [0.1, 0.15) is 6.26 Å². The van der Waals surface area contributed by atoms with Crippen molar-refractivity contribution >= 4 is 22.6 Å². The highest BCUT2D eigenvalue weighted by molar-refractivity contribution is 14.1. The Hall–Kier alpha value is -0.730. The Morgan fingerprint density at radius 1 is 1.53 bits per heavy atom. The lowest BCUT2D eigenvalue weighted by Crippen LogP contribution is -2.16. The van der Waals surface area contributed by atoms with Crippen molar-refractivity contribution in [1.82, 2.24) is 0 Å². The molecule has 1 aliphatic rings. The summed E-state index contributed by atoms with van der Waals surface area (Å²) in [4.78, 5) is 0. The minimum atomic E-state index is 0.306. The van der Waals surface area contributed by atoms with E-state index in [9.17, 15) is 0 Å². The van der Waals surface area contributed by atoms with Gasteiger partial charge < -0.3 is 9.15 Å². The molecule has 0 aromatic carbocycles. The molecule has 0 saturated carbocycles. The first-order valence-electron chi connectivity index (χ1n) is 5.84. The Morgan fingerprint density at radius 3 is 3.24 bits per heavy atom. The lowest BCUT2D eigenvalue weighted by molar-refractivity contribution is 0.0785. The third kappa shape index (κ3) is 4.21. The van der Waals surface area contributed by atoms with Crippen LogP contribution in [0.3, 0.4) is 0 Å². The molecule has 2 nitrogen and oxygen atoms in total. The zero-order valence-corrected chi connectivity index (χ0v) is 11.8. The van der Waals surface area contributed by atoms with Gasteiger partial charge in [0.15, 0.2) is 0 Å². The number of furan rings is 1. The van der Waals surface area contributed by atoms with Crippen molar-refractivity contribution < 1.29 is 9.15 Å². The monoisotopic (exact) mass is 342 g/mol. The van der Waals surface area contributed by atoms with Crippen LogP contribution in [0, 0.1) is 11.8 Å². The number of halogens is 1. The van der Waals surface area contributed by atoms with Crippen LogP contribution in [0.15, 0.2) is 32.7 Å². The summed E-state index contributed by atoms with van der Waals surface area (Å²) in [6, 6.07) is 1.86. The van der Waals surface area contributed by atoms with E-state index in [1.54, 1.807) is 12.5 Å². The molecule has 1 aromatic heterocycles. The molecular weight excluding hydrogens is 327 g/mol. The van der Waals surface area contributed by atoms with Crippen LogP contribution in [0.1, 0.15) is 31.2 Å². The summed E-state index contributed by atoms with van der Waals surface area (Å²) in [6.07, 6.45) is 10.2. The van der Waals surface area contributed by atoms with E-state index in [0.29, 0.717) is 12.7 Å². The van der Waals surface area contributed by atoms with Gasteiger partial charge in [-0.25, -0.2) is 0 Å². The van der Waals surface area contributed by atoms with Gasteiger partial charge in [-0.15, -0.1) is 0 Å². The maximum Gasteiger partial charge on any atom is 0.106 e. The molecule has 1 aromatic rings. The van der Waals surface area contributed by atoms with Crippen LogP contribution in [0.5, 0.6) is 0 Å². The van der Waals surface area contributed by atoms with E-state index < -0.39 is 0 Å². The van der Waals surface area contributed by atoms with Crippen LogP contribution in [-0.2, 0) is 4.74 Å². The molecule has 1 heterocycles. The minimum Gasteiger partial charge on any atom is -0.471 e. The Bertz CT molecular complexity index is 423. The molecule has 3 heteroatoms. The summed E-state index contributed by atoms with van der Waals surface area (Å²) < 4.78 is 12.1. The Labute approximate surface area is 116 Å². The molecule has 0 amide bonds. The van der Waals surface area contributed by atoms with E-state index in [4.69, 9.17) is 9.15 Å². The lowest BCUT2D eigenvalue weighted by atomic mass is 10.1. The molecule has 1 atom stereocenters. The van der Waals surface area contributed by atoms with Gasteiger partial charge >= 0.3 is 0 Å². The van der Waals surface area contributed by atoms with E-state index in [1.807, 2.05) is 6.07 Å². The van der Waals surface area contributed by atoms with Crippen molar-refractivity contribution in [3.05, 3.63) is 33.8 Å². The highest BCUT2D eigenvalue weighted by Gasteiger charge is 2.15. The minimum absolute atomic E-state index is 0.306. The van der Waals surface area contributed by atoms with Crippen LogP contribution >= 0.6 is 22.6 Å². The van der Waals surface area contributed by atoms with Crippen molar-refractivity contribution in [2.24, 2.45) is 0 Å². The second-order valence-electron chi connectivity index (χ2n) is 3.94. The maximum absolute atomic E-state index is 5.81. The Morgan fingerprint density at radius 2 is 2.47 bits per heavy atom. The fourth-order valence-electron chi connectivity index (χ4n) is 1.73. The first kappa shape index (κ1) is 12.7. The van der Waals surface area contributed by atoms with Gasteiger partial charge in [0, 0.05) is 10.0 Å². The Balaban J connectivity index is 1.69. The van der Waals surface area contributed by atoms with Crippen LogP contribution in [-0.4, -0.2) is 12.7 Å². The maximum atomic E-state index is 5.81. The average molecular weight is 342 g/mol. The van der Waals surface area contributed by atoms with Crippen molar-refractivity contribution in [2.75, 3.05) is 6.61 Å². The van der Waals surface area contributed by atoms with Gasteiger partial charge in [0.25, 0.3) is 0 Å². The van der Waals surface area contributed by atoms with Gasteiger partial charge in [-0.2, -0.15) is 0 Å². The quantitative estimate of drug-likeness (QED) is 0.472. The van der Waals surface area contributed by atoms with Crippen molar-refractivity contribution in [3.8, 4) is 11.8 Å².